The Bertz CT molecular complexity index is 887. The number of rotatable bonds is 5. The summed E-state index contributed by atoms with van der Waals surface area (Å²) >= 11 is 0. The molecule has 1 aromatic heterocycles. The van der Waals surface area contributed by atoms with Crippen molar-refractivity contribution in [2.24, 2.45) is 0 Å². The summed E-state index contributed by atoms with van der Waals surface area (Å²) < 4.78 is 5.61. The Morgan fingerprint density at radius 2 is 2.04 bits per heavy atom. The number of fused-ring (bicyclic) bond motifs is 1. The van der Waals surface area contributed by atoms with Crippen molar-refractivity contribution in [3.8, 4) is 17.1 Å². The van der Waals surface area contributed by atoms with E-state index in [0.29, 0.717) is 34.6 Å². The summed E-state index contributed by atoms with van der Waals surface area (Å²) in [7, 11) is 0. The maximum absolute atomic E-state index is 12.2. The van der Waals surface area contributed by atoms with Crippen molar-refractivity contribution in [3.63, 3.8) is 0 Å². The smallest absolute Gasteiger partial charge is 0.259 e. The zero-order valence-electron chi connectivity index (χ0n) is 12.9. The first-order valence-electron chi connectivity index (χ1n) is 7.59. The molecule has 5 heteroatoms. The molecular formula is C18H18N2O3. The van der Waals surface area contributed by atoms with E-state index in [1.165, 1.54) is 0 Å². The quantitative estimate of drug-likeness (QED) is 0.760. The van der Waals surface area contributed by atoms with E-state index in [1.54, 1.807) is 24.3 Å². The van der Waals surface area contributed by atoms with Gasteiger partial charge in [-0.25, -0.2) is 4.98 Å². The molecule has 0 radical (unpaired) electrons. The molecule has 3 aromatic rings. The molecule has 0 saturated carbocycles. The minimum absolute atomic E-state index is 0.134. The average Bonchev–Trinajstić information content (AvgIpc) is 2.59. The molecule has 3 rings (SSSR count). The van der Waals surface area contributed by atoms with Gasteiger partial charge in [0.1, 0.15) is 11.6 Å². The second-order valence-electron chi connectivity index (χ2n) is 5.26. The van der Waals surface area contributed by atoms with Crippen LogP contribution >= 0.6 is 0 Å². The standard InChI is InChI=1S/C18H18N2O3/c1-2-9-23-16-8-7-12(10-13(16)11-21)17-19-15-6-4-3-5-14(15)18(22)20-17/h3-8,10,21H,2,9,11H2,1H3,(H,19,20,22). The van der Waals surface area contributed by atoms with Gasteiger partial charge in [0.15, 0.2) is 0 Å². The van der Waals surface area contributed by atoms with Gasteiger partial charge in [0.2, 0.25) is 0 Å². The van der Waals surface area contributed by atoms with Gasteiger partial charge in [-0.05, 0) is 36.8 Å². The van der Waals surface area contributed by atoms with Gasteiger partial charge in [0.05, 0.1) is 24.1 Å². The zero-order chi connectivity index (χ0) is 16.2. The minimum Gasteiger partial charge on any atom is -0.493 e. The fourth-order valence-corrected chi connectivity index (χ4v) is 2.43. The van der Waals surface area contributed by atoms with Gasteiger partial charge in [-0.15, -0.1) is 0 Å². The molecule has 0 spiro atoms. The lowest BCUT2D eigenvalue weighted by Gasteiger charge is -2.11. The molecule has 2 N–H and O–H groups in total. The lowest BCUT2D eigenvalue weighted by Crippen LogP contribution is -2.09. The second-order valence-corrected chi connectivity index (χ2v) is 5.26. The number of hydrogen-bond acceptors (Lipinski definition) is 4. The maximum Gasteiger partial charge on any atom is 0.259 e. The molecule has 0 amide bonds. The number of hydrogen-bond donors (Lipinski definition) is 2. The van der Waals surface area contributed by atoms with Crippen molar-refractivity contribution in [3.05, 3.63) is 58.4 Å². The Hall–Kier alpha value is -2.66. The van der Waals surface area contributed by atoms with Crippen molar-refractivity contribution in [1.29, 1.82) is 0 Å². The number of aromatic amines is 1. The third-order valence-corrected chi connectivity index (χ3v) is 3.58. The van der Waals surface area contributed by atoms with Gasteiger partial charge in [-0.1, -0.05) is 19.1 Å². The van der Waals surface area contributed by atoms with E-state index in [4.69, 9.17) is 4.74 Å². The number of para-hydroxylation sites is 1. The molecule has 1 heterocycles. The number of benzene rings is 2. The highest BCUT2D eigenvalue weighted by Crippen LogP contribution is 2.25. The number of aromatic nitrogens is 2. The summed E-state index contributed by atoms with van der Waals surface area (Å²) in [6.07, 6.45) is 0.895. The fraction of sp³-hybridized carbons (Fsp3) is 0.222. The molecule has 0 aliphatic carbocycles. The summed E-state index contributed by atoms with van der Waals surface area (Å²) in [5.41, 5.74) is 1.87. The Balaban J connectivity index is 2.06. The molecular weight excluding hydrogens is 292 g/mol. The van der Waals surface area contributed by atoms with E-state index in [1.807, 2.05) is 25.1 Å². The molecule has 118 valence electrons. The fourth-order valence-electron chi connectivity index (χ4n) is 2.43. The highest BCUT2D eigenvalue weighted by molar-refractivity contribution is 5.79. The first kappa shape index (κ1) is 15.2. The molecule has 2 aromatic carbocycles. The first-order valence-corrected chi connectivity index (χ1v) is 7.59. The largest absolute Gasteiger partial charge is 0.493 e. The van der Waals surface area contributed by atoms with Crippen LogP contribution in [0.15, 0.2) is 47.3 Å². The normalized spacial score (nSPS) is 10.9. The number of ether oxygens (including phenoxy) is 1. The van der Waals surface area contributed by atoms with Gasteiger partial charge in [-0.3, -0.25) is 4.79 Å². The summed E-state index contributed by atoms with van der Waals surface area (Å²) in [6.45, 7) is 2.48. The molecule has 0 aliphatic heterocycles. The maximum atomic E-state index is 12.2. The number of H-pyrrole nitrogens is 1. The minimum atomic E-state index is -0.178. The number of nitrogens with zero attached hydrogens (tertiary/aromatic N) is 1. The predicted molar refractivity (Wildman–Crippen MR) is 89.5 cm³/mol. The highest BCUT2D eigenvalue weighted by atomic mass is 16.5. The second kappa shape index (κ2) is 6.62. The lowest BCUT2D eigenvalue weighted by molar-refractivity contribution is 0.263. The van der Waals surface area contributed by atoms with E-state index in [2.05, 4.69) is 9.97 Å². The van der Waals surface area contributed by atoms with Crippen LogP contribution in [0.2, 0.25) is 0 Å². The van der Waals surface area contributed by atoms with Crippen LogP contribution in [-0.2, 0) is 6.61 Å². The van der Waals surface area contributed by atoms with E-state index in [9.17, 15) is 9.90 Å². The average molecular weight is 310 g/mol. The number of nitrogens with one attached hydrogen (secondary N) is 1. The molecule has 0 bridgehead atoms. The van der Waals surface area contributed by atoms with Crippen LogP contribution in [0.1, 0.15) is 18.9 Å². The monoisotopic (exact) mass is 310 g/mol. The topological polar surface area (TPSA) is 75.2 Å². The Morgan fingerprint density at radius 1 is 1.22 bits per heavy atom. The van der Waals surface area contributed by atoms with Crippen molar-refractivity contribution in [2.45, 2.75) is 20.0 Å². The summed E-state index contributed by atoms with van der Waals surface area (Å²) in [5.74, 6) is 1.13. The highest BCUT2D eigenvalue weighted by Gasteiger charge is 2.09. The van der Waals surface area contributed by atoms with Gasteiger partial charge < -0.3 is 14.8 Å². The van der Waals surface area contributed by atoms with Crippen LogP contribution in [0.5, 0.6) is 5.75 Å². The molecule has 0 saturated heterocycles. The molecule has 0 atom stereocenters. The van der Waals surface area contributed by atoms with Gasteiger partial charge in [0, 0.05) is 11.1 Å². The van der Waals surface area contributed by atoms with E-state index >= 15 is 0 Å². The van der Waals surface area contributed by atoms with Crippen LogP contribution in [0.4, 0.5) is 0 Å². The van der Waals surface area contributed by atoms with Crippen molar-refractivity contribution < 1.29 is 9.84 Å². The molecule has 23 heavy (non-hydrogen) atoms. The van der Waals surface area contributed by atoms with Crippen LogP contribution in [0.3, 0.4) is 0 Å². The Morgan fingerprint density at radius 3 is 2.83 bits per heavy atom. The summed E-state index contributed by atoms with van der Waals surface area (Å²) in [4.78, 5) is 19.5. The van der Waals surface area contributed by atoms with Crippen LogP contribution in [0.25, 0.3) is 22.3 Å². The number of aliphatic hydroxyl groups excluding tert-OH is 1. The van der Waals surface area contributed by atoms with E-state index in [0.717, 1.165) is 12.0 Å². The van der Waals surface area contributed by atoms with Crippen LogP contribution in [-0.4, -0.2) is 21.7 Å². The summed E-state index contributed by atoms with van der Waals surface area (Å²) in [6, 6.07) is 12.6. The van der Waals surface area contributed by atoms with Gasteiger partial charge in [-0.2, -0.15) is 0 Å². The van der Waals surface area contributed by atoms with Crippen LogP contribution < -0.4 is 10.3 Å². The van der Waals surface area contributed by atoms with E-state index in [-0.39, 0.29) is 12.2 Å². The van der Waals surface area contributed by atoms with Crippen molar-refractivity contribution >= 4 is 10.9 Å². The molecule has 0 aliphatic rings. The third-order valence-electron chi connectivity index (χ3n) is 3.58. The number of aliphatic hydroxyl groups is 1. The zero-order valence-corrected chi connectivity index (χ0v) is 12.9. The van der Waals surface area contributed by atoms with E-state index < -0.39 is 0 Å². The lowest BCUT2D eigenvalue weighted by atomic mass is 10.1. The molecule has 0 fully saturated rings. The Labute approximate surface area is 133 Å². The molecule has 0 unspecified atom stereocenters. The van der Waals surface area contributed by atoms with Gasteiger partial charge in [0.25, 0.3) is 5.56 Å². The van der Waals surface area contributed by atoms with Crippen LogP contribution in [0, 0.1) is 0 Å². The van der Waals surface area contributed by atoms with Crippen molar-refractivity contribution in [1.82, 2.24) is 9.97 Å². The molecule has 5 nitrogen and oxygen atoms in total. The van der Waals surface area contributed by atoms with Crippen molar-refractivity contribution in [2.75, 3.05) is 6.61 Å². The van der Waals surface area contributed by atoms with Gasteiger partial charge >= 0.3 is 0 Å². The third kappa shape index (κ3) is 3.10. The first-order chi connectivity index (χ1) is 11.2. The SMILES string of the molecule is CCCOc1ccc(-c2nc3ccccc3c(=O)[nH]2)cc1CO. The summed E-state index contributed by atoms with van der Waals surface area (Å²) in [5, 5.41) is 10.1. The Kier molecular flexibility index (Phi) is 4.39. The predicted octanol–water partition coefficient (Wildman–Crippen LogP) is 2.87.